The summed E-state index contributed by atoms with van der Waals surface area (Å²) in [6, 6.07) is 8.40. The minimum Gasteiger partial charge on any atom is -0.506 e. The maximum Gasteiger partial charge on any atom is 0.380 e. The first-order chi connectivity index (χ1) is 7.57. The number of ether oxygens (including phenoxy) is 1. The first kappa shape index (κ1) is 12.4. The second-order valence-corrected chi connectivity index (χ2v) is 3.64. The summed E-state index contributed by atoms with van der Waals surface area (Å²) in [4.78, 5) is 22.3. The molecule has 0 aliphatic carbocycles. The van der Waals surface area contributed by atoms with Crippen LogP contribution in [0.25, 0.3) is 5.76 Å². The molecule has 1 aromatic carbocycles. The Bertz CT molecular complexity index is 437. The normalized spacial score (nSPS) is 11.6. The fraction of sp³-hybridized carbons (Fsp3) is 0.0909. The van der Waals surface area contributed by atoms with Gasteiger partial charge in [0, 0.05) is 5.56 Å². The second-order valence-electron chi connectivity index (χ2n) is 2.85. The van der Waals surface area contributed by atoms with Crippen LogP contribution in [0.1, 0.15) is 5.56 Å². The molecule has 0 unspecified atom stereocenters. The molecule has 0 aromatic heterocycles. The summed E-state index contributed by atoms with van der Waals surface area (Å²) < 4.78 is 4.04. The Kier molecular flexibility index (Phi) is 4.25. The molecule has 0 amide bonds. The summed E-state index contributed by atoms with van der Waals surface area (Å²) >= 11 is 2.87. The number of Topliss-reactive ketones (excluding diaryl/α,β-unsaturated/α-hetero) is 1. The number of ketones is 1. The van der Waals surface area contributed by atoms with Crippen molar-refractivity contribution in [3.05, 3.63) is 40.4 Å². The van der Waals surface area contributed by atoms with Crippen LogP contribution < -0.4 is 0 Å². The average molecular weight is 285 g/mol. The molecule has 5 heteroatoms. The number of hydrogen-bond acceptors (Lipinski definition) is 4. The van der Waals surface area contributed by atoms with Crippen molar-refractivity contribution >= 4 is 33.4 Å². The fourth-order valence-corrected chi connectivity index (χ4v) is 1.40. The number of carbonyl (C=O) groups excluding carboxylic acids is 2. The van der Waals surface area contributed by atoms with E-state index in [2.05, 4.69) is 20.7 Å². The summed E-state index contributed by atoms with van der Waals surface area (Å²) in [5, 5.41) is 9.71. The van der Waals surface area contributed by atoms with Crippen LogP contribution in [0.3, 0.4) is 0 Å². The van der Waals surface area contributed by atoms with E-state index in [0.717, 1.165) is 7.11 Å². The number of methoxy groups -OCH3 is 1. The van der Waals surface area contributed by atoms with E-state index in [1.807, 2.05) is 0 Å². The zero-order chi connectivity index (χ0) is 12.1. The lowest BCUT2D eigenvalue weighted by Gasteiger charge is -2.03. The van der Waals surface area contributed by atoms with Crippen molar-refractivity contribution in [3.63, 3.8) is 0 Å². The van der Waals surface area contributed by atoms with Gasteiger partial charge in [0.05, 0.1) is 7.11 Å². The minimum atomic E-state index is -1.03. The lowest BCUT2D eigenvalue weighted by atomic mass is 10.1. The highest BCUT2D eigenvalue weighted by molar-refractivity contribution is 9.12. The standard InChI is InChI=1S/C11H9BrO4/c1-16-11(15)10(14)8(12)9(13)7-5-3-2-4-6-7/h2-6,13H,1H3. The fourth-order valence-electron chi connectivity index (χ4n) is 1.01. The summed E-state index contributed by atoms with van der Waals surface area (Å²) in [6.07, 6.45) is 0. The van der Waals surface area contributed by atoms with Gasteiger partial charge in [-0.05, 0) is 15.9 Å². The van der Waals surface area contributed by atoms with Gasteiger partial charge in [0.25, 0.3) is 5.78 Å². The molecular weight excluding hydrogens is 276 g/mol. The van der Waals surface area contributed by atoms with Gasteiger partial charge >= 0.3 is 5.97 Å². The van der Waals surface area contributed by atoms with Crippen molar-refractivity contribution in [2.45, 2.75) is 0 Å². The number of halogens is 1. The first-order valence-corrected chi connectivity index (χ1v) is 5.14. The number of benzene rings is 1. The van der Waals surface area contributed by atoms with Gasteiger partial charge in [-0.15, -0.1) is 0 Å². The van der Waals surface area contributed by atoms with Crippen molar-refractivity contribution in [3.8, 4) is 0 Å². The summed E-state index contributed by atoms with van der Waals surface area (Å²) in [7, 11) is 1.10. The van der Waals surface area contributed by atoms with Crippen LogP contribution in [0, 0.1) is 0 Å². The van der Waals surface area contributed by atoms with Crippen LogP contribution in [-0.4, -0.2) is 24.0 Å². The molecular formula is C11H9BrO4. The number of hydrogen-bond donors (Lipinski definition) is 1. The van der Waals surface area contributed by atoms with Crippen LogP contribution in [0.4, 0.5) is 0 Å². The number of aliphatic hydroxyl groups excluding tert-OH is 1. The van der Waals surface area contributed by atoms with Gasteiger partial charge in [-0.2, -0.15) is 0 Å². The Morgan fingerprint density at radius 2 is 1.81 bits per heavy atom. The Labute approximate surface area is 101 Å². The van der Waals surface area contributed by atoms with E-state index in [4.69, 9.17) is 0 Å². The van der Waals surface area contributed by atoms with Gasteiger partial charge in [-0.3, -0.25) is 4.79 Å². The van der Waals surface area contributed by atoms with Crippen molar-refractivity contribution in [1.29, 1.82) is 0 Å². The molecule has 0 fully saturated rings. The van der Waals surface area contributed by atoms with E-state index in [1.54, 1.807) is 30.3 Å². The van der Waals surface area contributed by atoms with Crippen LogP contribution in [-0.2, 0) is 14.3 Å². The maximum absolute atomic E-state index is 11.3. The minimum absolute atomic E-state index is 0.217. The zero-order valence-electron chi connectivity index (χ0n) is 8.44. The predicted octanol–water partition coefficient (Wildman–Crippen LogP) is 2.05. The highest BCUT2D eigenvalue weighted by Gasteiger charge is 2.21. The molecule has 0 atom stereocenters. The Balaban J connectivity index is 3.06. The molecule has 1 aromatic rings. The average Bonchev–Trinajstić information content (AvgIpc) is 2.36. The molecule has 0 saturated heterocycles. The Morgan fingerprint density at radius 1 is 1.25 bits per heavy atom. The van der Waals surface area contributed by atoms with Crippen LogP contribution >= 0.6 is 15.9 Å². The van der Waals surface area contributed by atoms with Gasteiger partial charge < -0.3 is 9.84 Å². The van der Waals surface area contributed by atoms with E-state index < -0.39 is 11.8 Å². The summed E-state index contributed by atoms with van der Waals surface area (Å²) in [5.41, 5.74) is 0.437. The van der Waals surface area contributed by atoms with Crippen molar-refractivity contribution in [2.24, 2.45) is 0 Å². The maximum atomic E-state index is 11.3. The third-order valence-electron chi connectivity index (χ3n) is 1.83. The highest BCUT2D eigenvalue weighted by Crippen LogP contribution is 2.21. The third-order valence-corrected chi connectivity index (χ3v) is 2.56. The molecule has 0 bridgehead atoms. The van der Waals surface area contributed by atoms with Crippen molar-refractivity contribution in [1.82, 2.24) is 0 Å². The number of esters is 1. The molecule has 4 nitrogen and oxygen atoms in total. The first-order valence-electron chi connectivity index (χ1n) is 4.34. The third kappa shape index (κ3) is 2.70. The van der Waals surface area contributed by atoms with Crippen molar-refractivity contribution < 1.29 is 19.4 Å². The monoisotopic (exact) mass is 284 g/mol. The summed E-state index contributed by atoms with van der Waals surface area (Å²) in [5.74, 6) is -2.26. The molecule has 0 heterocycles. The molecule has 1 rings (SSSR count). The Hall–Kier alpha value is -1.62. The molecule has 0 aliphatic rings. The Morgan fingerprint density at radius 3 is 2.31 bits per heavy atom. The van der Waals surface area contributed by atoms with E-state index in [-0.39, 0.29) is 10.2 Å². The second kappa shape index (κ2) is 5.46. The predicted molar refractivity (Wildman–Crippen MR) is 61.9 cm³/mol. The molecule has 16 heavy (non-hydrogen) atoms. The quantitative estimate of drug-likeness (QED) is 0.399. The molecule has 0 spiro atoms. The van der Waals surface area contributed by atoms with Gasteiger partial charge in [0.15, 0.2) is 0 Å². The van der Waals surface area contributed by atoms with Crippen LogP contribution in [0.15, 0.2) is 34.8 Å². The lowest BCUT2D eigenvalue weighted by molar-refractivity contribution is -0.149. The topological polar surface area (TPSA) is 63.6 Å². The van der Waals surface area contributed by atoms with E-state index in [9.17, 15) is 14.7 Å². The van der Waals surface area contributed by atoms with E-state index in [1.165, 1.54) is 0 Å². The van der Waals surface area contributed by atoms with Gasteiger partial charge in [-0.1, -0.05) is 30.3 Å². The molecule has 1 N–H and O–H groups in total. The van der Waals surface area contributed by atoms with Crippen molar-refractivity contribution in [2.75, 3.05) is 7.11 Å². The molecule has 0 saturated carbocycles. The smallest absolute Gasteiger partial charge is 0.380 e. The van der Waals surface area contributed by atoms with Gasteiger partial charge in [-0.25, -0.2) is 4.79 Å². The number of aliphatic hydroxyl groups is 1. The van der Waals surface area contributed by atoms with Crippen LogP contribution in [0.5, 0.6) is 0 Å². The molecule has 0 radical (unpaired) electrons. The largest absolute Gasteiger partial charge is 0.506 e. The summed E-state index contributed by atoms with van der Waals surface area (Å²) in [6.45, 7) is 0. The molecule has 0 aliphatic heterocycles. The van der Waals surface area contributed by atoms with Gasteiger partial charge in [0.1, 0.15) is 10.2 Å². The zero-order valence-corrected chi connectivity index (χ0v) is 10.0. The SMILES string of the molecule is COC(=O)C(=O)C(Br)=C(O)c1ccccc1. The lowest BCUT2D eigenvalue weighted by Crippen LogP contribution is -2.16. The highest BCUT2D eigenvalue weighted by atomic mass is 79.9. The van der Waals surface area contributed by atoms with Crippen LogP contribution in [0.2, 0.25) is 0 Å². The number of rotatable bonds is 3. The molecule has 84 valence electrons. The van der Waals surface area contributed by atoms with E-state index >= 15 is 0 Å². The van der Waals surface area contributed by atoms with Gasteiger partial charge in [0.2, 0.25) is 0 Å². The van der Waals surface area contributed by atoms with E-state index in [0.29, 0.717) is 5.56 Å². The number of carbonyl (C=O) groups is 2.